The van der Waals surface area contributed by atoms with Crippen LogP contribution in [0.3, 0.4) is 0 Å². The molecule has 1 rings (SSSR count). The van der Waals surface area contributed by atoms with Crippen LogP contribution >= 0.6 is 15.9 Å². The number of hydrogen-bond donors (Lipinski definition) is 3. The summed E-state index contributed by atoms with van der Waals surface area (Å²) < 4.78 is 14.5. The zero-order valence-electron chi connectivity index (χ0n) is 12.2. The highest BCUT2D eigenvalue weighted by atomic mass is 79.9. The van der Waals surface area contributed by atoms with E-state index in [1.165, 1.54) is 6.07 Å². The van der Waals surface area contributed by atoms with Crippen LogP contribution in [-0.2, 0) is 11.3 Å². The fourth-order valence-corrected chi connectivity index (χ4v) is 2.24. The molecule has 0 aromatic heterocycles. The molecule has 0 radical (unpaired) electrons. The number of rotatable bonds is 7. The second-order valence-corrected chi connectivity index (χ2v) is 5.49. The van der Waals surface area contributed by atoms with Gasteiger partial charge in [0.05, 0.1) is 13.2 Å². The molecular weight excluding hydrogens is 357 g/mol. The van der Waals surface area contributed by atoms with Gasteiger partial charge in [0.15, 0.2) is 0 Å². The fraction of sp³-hybridized carbons (Fsp3) is 0.429. The van der Waals surface area contributed by atoms with E-state index in [4.69, 9.17) is 5.11 Å². The van der Waals surface area contributed by atoms with Crippen molar-refractivity contribution in [2.75, 3.05) is 26.2 Å². The van der Waals surface area contributed by atoms with Crippen molar-refractivity contribution in [3.63, 3.8) is 0 Å². The molecule has 0 heterocycles. The van der Waals surface area contributed by atoms with Crippen molar-refractivity contribution in [2.45, 2.75) is 13.5 Å². The van der Waals surface area contributed by atoms with E-state index in [0.717, 1.165) is 4.47 Å². The Labute approximate surface area is 136 Å². The van der Waals surface area contributed by atoms with Crippen molar-refractivity contribution < 1.29 is 19.1 Å². The molecule has 0 aliphatic rings. The van der Waals surface area contributed by atoms with Gasteiger partial charge in [-0.15, -0.1) is 0 Å². The Kier molecular flexibility index (Phi) is 8.00. The quantitative estimate of drug-likeness (QED) is 0.669. The number of benzene rings is 1. The summed E-state index contributed by atoms with van der Waals surface area (Å²) in [6.07, 6.45) is 0. The third-order valence-electron chi connectivity index (χ3n) is 2.78. The molecule has 0 spiro atoms. The summed E-state index contributed by atoms with van der Waals surface area (Å²) in [6, 6.07) is 3.94. The molecule has 6 nitrogen and oxygen atoms in total. The number of imide groups is 1. The summed E-state index contributed by atoms with van der Waals surface area (Å²) in [5.74, 6) is -0.912. The van der Waals surface area contributed by atoms with Gasteiger partial charge >= 0.3 is 6.03 Å². The van der Waals surface area contributed by atoms with E-state index in [0.29, 0.717) is 12.1 Å². The number of carbonyl (C=O) groups is 2. The Balaban J connectivity index is 2.67. The Hall–Kier alpha value is -1.51. The van der Waals surface area contributed by atoms with E-state index in [1.54, 1.807) is 24.0 Å². The molecule has 0 saturated heterocycles. The number of aliphatic hydroxyl groups excluding tert-OH is 1. The molecule has 0 aliphatic carbocycles. The monoisotopic (exact) mass is 375 g/mol. The first-order valence-electron chi connectivity index (χ1n) is 6.81. The Morgan fingerprint density at radius 1 is 1.41 bits per heavy atom. The van der Waals surface area contributed by atoms with E-state index >= 15 is 0 Å². The molecule has 0 unspecified atom stereocenters. The Morgan fingerprint density at radius 3 is 2.77 bits per heavy atom. The van der Waals surface area contributed by atoms with Gasteiger partial charge in [0.2, 0.25) is 5.91 Å². The van der Waals surface area contributed by atoms with E-state index in [-0.39, 0.29) is 26.2 Å². The summed E-state index contributed by atoms with van der Waals surface area (Å²) in [5, 5.41) is 13.7. The van der Waals surface area contributed by atoms with Gasteiger partial charge in [-0.1, -0.05) is 15.9 Å². The normalized spacial score (nSPS) is 10.6. The average Bonchev–Trinajstić information content (AvgIpc) is 2.43. The van der Waals surface area contributed by atoms with Gasteiger partial charge in [-0.05, 0) is 25.1 Å². The van der Waals surface area contributed by atoms with Crippen LogP contribution in [0, 0.1) is 5.82 Å². The Bertz CT molecular complexity index is 528. The minimum Gasteiger partial charge on any atom is -0.395 e. The lowest BCUT2D eigenvalue weighted by atomic mass is 10.2. The largest absolute Gasteiger partial charge is 0.395 e. The predicted molar refractivity (Wildman–Crippen MR) is 83.7 cm³/mol. The molecule has 1 aromatic carbocycles. The first-order valence-corrected chi connectivity index (χ1v) is 7.60. The first kappa shape index (κ1) is 18.5. The van der Waals surface area contributed by atoms with Crippen molar-refractivity contribution in [3.8, 4) is 0 Å². The standard InChI is InChI=1S/C14H19BrFN3O3/c1-2-17-14(22)18-13(21)9-19(5-6-20)8-10-7-11(15)3-4-12(10)16/h3-4,7,20H,2,5-6,8-9H2,1H3,(H2,17,18,21,22). The number of aliphatic hydroxyl groups is 1. The number of hydrogen-bond acceptors (Lipinski definition) is 4. The lowest BCUT2D eigenvalue weighted by Crippen LogP contribution is -2.44. The number of nitrogens with one attached hydrogen (secondary N) is 2. The van der Waals surface area contributed by atoms with E-state index in [9.17, 15) is 14.0 Å². The molecule has 0 aliphatic heterocycles. The molecule has 3 amide bonds. The van der Waals surface area contributed by atoms with Crippen molar-refractivity contribution in [3.05, 3.63) is 34.1 Å². The summed E-state index contributed by atoms with van der Waals surface area (Å²) in [4.78, 5) is 24.6. The van der Waals surface area contributed by atoms with Gasteiger partial charge in [-0.2, -0.15) is 0 Å². The second-order valence-electron chi connectivity index (χ2n) is 4.58. The summed E-state index contributed by atoms with van der Waals surface area (Å²) in [6.45, 7) is 2.18. The predicted octanol–water partition coefficient (Wildman–Crippen LogP) is 1.23. The number of amides is 3. The highest BCUT2D eigenvalue weighted by Gasteiger charge is 2.15. The van der Waals surface area contributed by atoms with Gasteiger partial charge in [0.25, 0.3) is 0 Å². The van der Waals surface area contributed by atoms with Crippen molar-refractivity contribution in [1.82, 2.24) is 15.5 Å². The molecule has 0 atom stereocenters. The SMILES string of the molecule is CCNC(=O)NC(=O)CN(CCO)Cc1cc(Br)ccc1F. The molecule has 0 bridgehead atoms. The molecule has 0 saturated carbocycles. The van der Waals surface area contributed by atoms with E-state index in [1.807, 2.05) is 0 Å². The fourth-order valence-electron chi connectivity index (χ4n) is 1.83. The molecule has 8 heteroatoms. The molecule has 0 fully saturated rings. The Morgan fingerprint density at radius 2 is 2.14 bits per heavy atom. The highest BCUT2D eigenvalue weighted by molar-refractivity contribution is 9.10. The van der Waals surface area contributed by atoms with Crippen LogP contribution in [0.2, 0.25) is 0 Å². The second kappa shape index (κ2) is 9.50. The van der Waals surface area contributed by atoms with E-state index < -0.39 is 17.8 Å². The number of carbonyl (C=O) groups excluding carboxylic acids is 2. The van der Waals surface area contributed by atoms with Crippen LogP contribution in [-0.4, -0.2) is 48.2 Å². The van der Waals surface area contributed by atoms with E-state index in [2.05, 4.69) is 26.6 Å². The van der Waals surface area contributed by atoms with Crippen molar-refractivity contribution in [1.29, 1.82) is 0 Å². The van der Waals surface area contributed by atoms with Crippen LogP contribution in [0.4, 0.5) is 9.18 Å². The highest BCUT2D eigenvalue weighted by Crippen LogP contribution is 2.17. The molecular formula is C14H19BrFN3O3. The van der Waals surface area contributed by atoms with Crippen LogP contribution in [0.25, 0.3) is 0 Å². The molecule has 22 heavy (non-hydrogen) atoms. The maximum Gasteiger partial charge on any atom is 0.321 e. The minimum absolute atomic E-state index is 0.121. The molecule has 122 valence electrons. The number of urea groups is 1. The van der Waals surface area contributed by atoms with Crippen LogP contribution < -0.4 is 10.6 Å². The van der Waals surface area contributed by atoms with Crippen LogP contribution in [0.5, 0.6) is 0 Å². The average molecular weight is 376 g/mol. The van der Waals surface area contributed by atoms with Crippen molar-refractivity contribution in [2.24, 2.45) is 0 Å². The maximum atomic E-state index is 13.7. The summed E-state index contributed by atoms with van der Waals surface area (Å²) in [5.41, 5.74) is 0.397. The maximum absolute atomic E-state index is 13.7. The molecule has 3 N–H and O–H groups in total. The zero-order valence-corrected chi connectivity index (χ0v) is 13.8. The van der Waals surface area contributed by atoms with Gasteiger partial charge in [-0.3, -0.25) is 15.0 Å². The van der Waals surface area contributed by atoms with Gasteiger partial charge < -0.3 is 10.4 Å². The summed E-state index contributed by atoms with van der Waals surface area (Å²) >= 11 is 3.26. The first-order chi connectivity index (χ1) is 10.5. The third kappa shape index (κ3) is 6.50. The van der Waals surface area contributed by atoms with Crippen LogP contribution in [0.15, 0.2) is 22.7 Å². The van der Waals surface area contributed by atoms with Gasteiger partial charge in [0.1, 0.15) is 5.82 Å². The van der Waals surface area contributed by atoms with Gasteiger partial charge in [-0.25, -0.2) is 9.18 Å². The minimum atomic E-state index is -0.579. The lowest BCUT2D eigenvalue weighted by Gasteiger charge is -2.21. The summed E-state index contributed by atoms with van der Waals surface area (Å²) in [7, 11) is 0. The lowest BCUT2D eigenvalue weighted by molar-refractivity contribution is -0.121. The third-order valence-corrected chi connectivity index (χ3v) is 3.27. The van der Waals surface area contributed by atoms with Crippen molar-refractivity contribution >= 4 is 27.9 Å². The smallest absolute Gasteiger partial charge is 0.321 e. The topological polar surface area (TPSA) is 81.7 Å². The number of nitrogens with zero attached hydrogens (tertiary/aromatic N) is 1. The molecule has 1 aromatic rings. The van der Waals surface area contributed by atoms with Gasteiger partial charge in [0, 0.05) is 29.7 Å². The number of halogens is 2. The van der Waals surface area contributed by atoms with Crippen LogP contribution in [0.1, 0.15) is 12.5 Å². The zero-order chi connectivity index (χ0) is 16.5.